The highest BCUT2D eigenvalue weighted by atomic mass is 14.7. The number of rotatable bonds is 3. The molecule has 0 aromatic rings. The van der Waals surface area contributed by atoms with Crippen molar-refractivity contribution in [3.8, 4) is 6.07 Å². The number of nitrogens with zero attached hydrogens (tertiary/aromatic N) is 2. The van der Waals surface area contributed by atoms with Crippen LogP contribution in [0, 0.1) is 11.3 Å². The first-order chi connectivity index (χ1) is 5.20. The van der Waals surface area contributed by atoms with Crippen molar-refractivity contribution in [1.29, 1.82) is 5.26 Å². The molecule has 0 rings (SSSR count). The molecule has 0 N–H and O–H groups in total. The van der Waals surface area contributed by atoms with Crippen LogP contribution in [-0.2, 0) is 0 Å². The molecule has 0 bridgehead atoms. The molecule has 0 spiro atoms. The van der Waals surface area contributed by atoms with E-state index in [0.717, 1.165) is 11.3 Å². The Hall–Kier alpha value is -1.36. The van der Waals surface area contributed by atoms with E-state index in [2.05, 4.69) is 11.6 Å². The molecule has 2 nitrogen and oxygen atoms in total. The number of hydrogen-bond donors (Lipinski definition) is 0. The number of aliphatic imine (C=N–C) groups is 1. The largest absolute Gasteiger partial charge is 0.292 e. The molecule has 0 aromatic carbocycles. The summed E-state index contributed by atoms with van der Waals surface area (Å²) in [5, 5.41) is 8.35. The van der Waals surface area contributed by atoms with Gasteiger partial charge in [-0.1, -0.05) is 18.2 Å². The van der Waals surface area contributed by atoms with Crippen LogP contribution in [0.5, 0.6) is 0 Å². The quantitative estimate of drug-likeness (QED) is 0.446. The summed E-state index contributed by atoms with van der Waals surface area (Å²) in [6.07, 6.45) is 4.02. The Morgan fingerprint density at radius 3 is 2.64 bits per heavy atom. The van der Waals surface area contributed by atoms with Gasteiger partial charge in [0.05, 0.1) is 12.5 Å². The first-order valence-corrected chi connectivity index (χ1v) is 3.37. The van der Waals surface area contributed by atoms with Crippen LogP contribution in [0.1, 0.15) is 13.3 Å². The van der Waals surface area contributed by atoms with Crippen molar-refractivity contribution in [2.75, 3.05) is 7.05 Å². The highest BCUT2D eigenvalue weighted by Gasteiger charge is 1.88. The second-order valence-corrected chi connectivity index (χ2v) is 2.23. The Kier molecular flexibility index (Phi) is 4.76. The Bertz CT molecular complexity index is 228. The summed E-state index contributed by atoms with van der Waals surface area (Å²) in [4.78, 5) is 3.92. The lowest BCUT2D eigenvalue weighted by atomic mass is 10.2. The highest BCUT2D eigenvalue weighted by molar-refractivity contribution is 5.96. The summed E-state index contributed by atoms with van der Waals surface area (Å²) in [6.45, 7) is 5.60. The maximum Gasteiger partial charge on any atom is 0.0770 e. The van der Waals surface area contributed by atoms with Gasteiger partial charge in [0.25, 0.3) is 0 Å². The van der Waals surface area contributed by atoms with Crippen molar-refractivity contribution in [1.82, 2.24) is 0 Å². The third-order valence-electron chi connectivity index (χ3n) is 1.11. The highest BCUT2D eigenvalue weighted by Crippen LogP contribution is 1.93. The molecule has 0 aliphatic heterocycles. The Morgan fingerprint density at radius 1 is 1.64 bits per heavy atom. The molecule has 11 heavy (non-hydrogen) atoms. The van der Waals surface area contributed by atoms with Gasteiger partial charge in [-0.25, -0.2) is 0 Å². The van der Waals surface area contributed by atoms with E-state index in [1.807, 2.05) is 25.1 Å². The summed E-state index contributed by atoms with van der Waals surface area (Å²) in [5.74, 6) is 0. The van der Waals surface area contributed by atoms with Crippen LogP contribution < -0.4 is 0 Å². The van der Waals surface area contributed by atoms with Gasteiger partial charge in [-0.15, -0.1) is 0 Å². The van der Waals surface area contributed by atoms with Crippen LogP contribution in [0.4, 0.5) is 0 Å². The summed E-state index contributed by atoms with van der Waals surface area (Å²) in [5.41, 5.74) is 1.75. The van der Waals surface area contributed by atoms with Gasteiger partial charge in [0.15, 0.2) is 0 Å². The normalized spacial score (nSPS) is 11.5. The molecule has 0 radical (unpaired) electrons. The molecule has 0 amide bonds. The van der Waals surface area contributed by atoms with Gasteiger partial charge in [0, 0.05) is 12.8 Å². The second-order valence-electron chi connectivity index (χ2n) is 2.23. The zero-order valence-corrected chi connectivity index (χ0v) is 6.96. The molecule has 0 saturated carbocycles. The van der Waals surface area contributed by atoms with Gasteiger partial charge in [0.2, 0.25) is 0 Å². The minimum atomic E-state index is 0.361. The van der Waals surface area contributed by atoms with E-state index >= 15 is 0 Å². The topological polar surface area (TPSA) is 36.1 Å². The van der Waals surface area contributed by atoms with Gasteiger partial charge in [-0.3, -0.25) is 4.99 Å². The van der Waals surface area contributed by atoms with Crippen LogP contribution in [0.2, 0.25) is 0 Å². The Labute approximate surface area is 67.6 Å². The smallest absolute Gasteiger partial charge is 0.0770 e. The van der Waals surface area contributed by atoms with Gasteiger partial charge in [-0.05, 0) is 13.0 Å². The molecular weight excluding hydrogens is 136 g/mol. The first-order valence-electron chi connectivity index (χ1n) is 3.37. The minimum Gasteiger partial charge on any atom is -0.292 e. The van der Waals surface area contributed by atoms with Crippen LogP contribution in [-0.4, -0.2) is 12.8 Å². The summed E-state index contributed by atoms with van der Waals surface area (Å²) >= 11 is 0. The molecular formula is C9H12N2. The zero-order valence-electron chi connectivity index (χ0n) is 6.96. The van der Waals surface area contributed by atoms with E-state index in [9.17, 15) is 0 Å². The van der Waals surface area contributed by atoms with E-state index in [1.165, 1.54) is 0 Å². The van der Waals surface area contributed by atoms with Crippen LogP contribution in [0.25, 0.3) is 0 Å². The van der Waals surface area contributed by atoms with E-state index in [1.54, 1.807) is 7.05 Å². The molecule has 0 fully saturated rings. The van der Waals surface area contributed by atoms with E-state index in [-0.39, 0.29) is 0 Å². The Balaban J connectivity index is 4.12. The van der Waals surface area contributed by atoms with Crippen molar-refractivity contribution < 1.29 is 0 Å². The number of allylic oxidation sites excluding steroid dienone is 3. The van der Waals surface area contributed by atoms with Crippen molar-refractivity contribution in [3.05, 3.63) is 24.3 Å². The van der Waals surface area contributed by atoms with Crippen molar-refractivity contribution in [2.45, 2.75) is 13.3 Å². The SMILES string of the molecule is C=C(C)/C=C\C(CC#N)=N/C. The second kappa shape index (κ2) is 5.43. The predicted molar refractivity (Wildman–Crippen MR) is 47.5 cm³/mol. The van der Waals surface area contributed by atoms with E-state index in [0.29, 0.717) is 6.42 Å². The lowest BCUT2D eigenvalue weighted by Gasteiger charge is -1.90. The fraction of sp³-hybridized carbons (Fsp3) is 0.333. The third-order valence-corrected chi connectivity index (χ3v) is 1.11. The lowest BCUT2D eigenvalue weighted by Crippen LogP contribution is -1.90. The molecule has 0 atom stereocenters. The third kappa shape index (κ3) is 5.10. The molecule has 0 heterocycles. The molecule has 0 aliphatic rings. The molecule has 58 valence electrons. The van der Waals surface area contributed by atoms with Gasteiger partial charge < -0.3 is 0 Å². The first kappa shape index (κ1) is 9.64. The molecule has 0 aliphatic carbocycles. The van der Waals surface area contributed by atoms with Crippen LogP contribution in [0.3, 0.4) is 0 Å². The standard InChI is InChI=1S/C9H12N2/c1-8(2)4-5-9(11-3)6-7-10/h4-5H,1,6H2,2-3H3/b5-4-,11-9+. The van der Waals surface area contributed by atoms with E-state index in [4.69, 9.17) is 5.26 Å². The Morgan fingerprint density at radius 2 is 2.27 bits per heavy atom. The fourth-order valence-corrected chi connectivity index (χ4v) is 0.532. The van der Waals surface area contributed by atoms with Crippen LogP contribution >= 0.6 is 0 Å². The van der Waals surface area contributed by atoms with Crippen molar-refractivity contribution >= 4 is 5.71 Å². The lowest BCUT2D eigenvalue weighted by molar-refractivity contribution is 1.34. The van der Waals surface area contributed by atoms with Gasteiger partial charge >= 0.3 is 0 Å². The van der Waals surface area contributed by atoms with Gasteiger partial charge in [0.1, 0.15) is 0 Å². The van der Waals surface area contributed by atoms with Crippen LogP contribution in [0.15, 0.2) is 29.3 Å². The maximum atomic E-state index is 8.35. The summed E-state index contributed by atoms with van der Waals surface area (Å²) in [6, 6.07) is 2.03. The minimum absolute atomic E-state index is 0.361. The molecule has 2 heteroatoms. The van der Waals surface area contributed by atoms with E-state index < -0.39 is 0 Å². The summed E-state index contributed by atoms with van der Waals surface area (Å²) in [7, 11) is 1.68. The maximum absolute atomic E-state index is 8.35. The molecule has 0 aromatic heterocycles. The summed E-state index contributed by atoms with van der Waals surface area (Å²) < 4.78 is 0. The molecule has 0 saturated heterocycles. The monoisotopic (exact) mass is 148 g/mol. The van der Waals surface area contributed by atoms with Crippen molar-refractivity contribution in [2.24, 2.45) is 4.99 Å². The van der Waals surface area contributed by atoms with Crippen molar-refractivity contribution in [3.63, 3.8) is 0 Å². The van der Waals surface area contributed by atoms with Gasteiger partial charge in [-0.2, -0.15) is 5.26 Å². The molecule has 0 unspecified atom stereocenters. The average Bonchev–Trinajstić information content (AvgIpc) is 1.97. The number of hydrogen-bond acceptors (Lipinski definition) is 2. The number of nitriles is 1. The fourth-order valence-electron chi connectivity index (χ4n) is 0.532. The average molecular weight is 148 g/mol. The zero-order chi connectivity index (χ0) is 8.69. The predicted octanol–water partition coefficient (Wildman–Crippen LogP) is 2.10.